The van der Waals surface area contributed by atoms with Crippen molar-refractivity contribution in [3.05, 3.63) is 88.4 Å². The molecule has 1 spiro atoms. The van der Waals surface area contributed by atoms with Gasteiger partial charge in [0.2, 0.25) is 5.72 Å². The molecule has 0 unspecified atom stereocenters. The fourth-order valence-corrected chi connectivity index (χ4v) is 5.84. The Morgan fingerprint density at radius 1 is 0.939 bits per heavy atom. The maximum Gasteiger partial charge on any atom is 0.200 e. The summed E-state index contributed by atoms with van der Waals surface area (Å²) in [4.78, 5) is 2.50. The van der Waals surface area contributed by atoms with Crippen LogP contribution in [0.15, 0.2) is 82.4 Å². The van der Waals surface area contributed by atoms with Crippen molar-refractivity contribution in [1.29, 1.82) is 0 Å². The molecule has 3 aromatic carbocycles. The van der Waals surface area contributed by atoms with E-state index in [1.165, 1.54) is 22.3 Å². The van der Waals surface area contributed by atoms with E-state index in [2.05, 4.69) is 106 Å². The molecule has 168 valence electrons. The van der Waals surface area contributed by atoms with Gasteiger partial charge in [-0.15, -0.1) is 0 Å². The van der Waals surface area contributed by atoms with Gasteiger partial charge in [0.15, 0.2) is 0 Å². The van der Waals surface area contributed by atoms with Crippen LogP contribution in [0.1, 0.15) is 43.4 Å². The summed E-state index contributed by atoms with van der Waals surface area (Å²) in [6, 6.07) is 26.0. The van der Waals surface area contributed by atoms with Crippen molar-refractivity contribution in [2.24, 2.45) is 5.10 Å². The standard InChI is InChI=1S/C28H28BrN3O/c1-2-31-16-14-28(15-17-31)32-26(24-18-23(29)12-13-27(24)33-28)19-25(30-32)22-10-8-21(9-11-22)20-6-4-3-5-7-20/h3-13,18,26H,2,14-17,19H2,1H3/t26-/m1/s1. The van der Waals surface area contributed by atoms with Crippen LogP contribution in [0.2, 0.25) is 0 Å². The Kier molecular flexibility index (Phi) is 5.27. The Morgan fingerprint density at radius 3 is 2.36 bits per heavy atom. The lowest BCUT2D eigenvalue weighted by Crippen LogP contribution is -2.59. The number of hydrogen-bond acceptors (Lipinski definition) is 4. The zero-order chi connectivity index (χ0) is 22.4. The molecule has 0 aliphatic carbocycles. The van der Waals surface area contributed by atoms with Gasteiger partial charge in [0.25, 0.3) is 0 Å². The third kappa shape index (κ3) is 3.68. The van der Waals surface area contributed by atoms with Gasteiger partial charge in [-0.3, -0.25) is 0 Å². The molecule has 3 aliphatic heterocycles. The highest BCUT2D eigenvalue weighted by atomic mass is 79.9. The van der Waals surface area contributed by atoms with E-state index >= 15 is 0 Å². The highest BCUT2D eigenvalue weighted by Gasteiger charge is 2.51. The van der Waals surface area contributed by atoms with E-state index in [0.717, 1.165) is 54.8 Å². The SMILES string of the molecule is CCN1CCC2(CC1)Oc1ccc(Br)cc1[C@H]1CC(c3ccc(-c4ccccc4)cc3)=NN12. The number of fused-ring (bicyclic) bond motifs is 4. The van der Waals surface area contributed by atoms with Crippen LogP contribution in [0.4, 0.5) is 0 Å². The predicted molar refractivity (Wildman–Crippen MR) is 136 cm³/mol. The van der Waals surface area contributed by atoms with Gasteiger partial charge >= 0.3 is 0 Å². The molecule has 0 aromatic heterocycles. The molecule has 1 fully saturated rings. The van der Waals surface area contributed by atoms with E-state index in [4.69, 9.17) is 9.84 Å². The van der Waals surface area contributed by atoms with Crippen LogP contribution >= 0.6 is 15.9 Å². The largest absolute Gasteiger partial charge is 0.466 e. The van der Waals surface area contributed by atoms with Crippen LogP contribution in [0.3, 0.4) is 0 Å². The number of ether oxygens (including phenoxy) is 1. The van der Waals surface area contributed by atoms with Crippen LogP contribution in [-0.2, 0) is 0 Å². The maximum atomic E-state index is 6.75. The van der Waals surface area contributed by atoms with Gasteiger partial charge in [-0.05, 0) is 41.4 Å². The number of rotatable bonds is 3. The van der Waals surface area contributed by atoms with Crippen molar-refractivity contribution in [3.8, 4) is 16.9 Å². The first kappa shape index (κ1) is 20.9. The Morgan fingerprint density at radius 2 is 1.64 bits per heavy atom. The van der Waals surface area contributed by atoms with E-state index in [-0.39, 0.29) is 11.8 Å². The van der Waals surface area contributed by atoms with Crippen molar-refractivity contribution in [2.75, 3.05) is 19.6 Å². The summed E-state index contributed by atoms with van der Waals surface area (Å²) in [5, 5.41) is 7.53. The Bertz CT molecular complexity index is 1180. The third-order valence-electron chi connectivity index (χ3n) is 7.37. The first-order valence-corrected chi connectivity index (χ1v) is 12.7. The summed E-state index contributed by atoms with van der Waals surface area (Å²) in [7, 11) is 0. The van der Waals surface area contributed by atoms with E-state index < -0.39 is 0 Å². The van der Waals surface area contributed by atoms with Crippen LogP contribution < -0.4 is 4.74 Å². The molecule has 3 aliphatic rings. The highest BCUT2D eigenvalue weighted by Crippen LogP contribution is 2.50. The fraction of sp³-hybridized carbons (Fsp3) is 0.321. The fourth-order valence-electron chi connectivity index (χ4n) is 5.46. The number of piperidine rings is 1. The molecule has 0 saturated carbocycles. The summed E-state index contributed by atoms with van der Waals surface area (Å²) in [5.41, 5.74) is 5.69. The Hall–Kier alpha value is -2.63. The molecule has 3 aromatic rings. The van der Waals surface area contributed by atoms with Crippen molar-refractivity contribution < 1.29 is 4.74 Å². The minimum Gasteiger partial charge on any atom is -0.466 e. The molecule has 33 heavy (non-hydrogen) atoms. The molecule has 6 rings (SSSR count). The van der Waals surface area contributed by atoms with Gasteiger partial charge in [0, 0.05) is 42.4 Å². The van der Waals surface area contributed by atoms with E-state index in [1.807, 2.05) is 0 Å². The third-order valence-corrected chi connectivity index (χ3v) is 7.86. The molecule has 0 amide bonds. The van der Waals surface area contributed by atoms with Gasteiger partial charge in [-0.2, -0.15) is 5.10 Å². The number of hydrazone groups is 1. The monoisotopic (exact) mass is 501 g/mol. The molecular weight excluding hydrogens is 474 g/mol. The molecule has 4 nitrogen and oxygen atoms in total. The molecule has 0 bridgehead atoms. The smallest absolute Gasteiger partial charge is 0.200 e. The average molecular weight is 502 g/mol. The van der Waals surface area contributed by atoms with Crippen molar-refractivity contribution >= 4 is 21.6 Å². The van der Waals surface area contributed by atoms with E-state index in [0.29, 0.717) is 0 Å². The van der Waals surface area contributed by atoms with Gasteiger partial charge in [-0.25, -0.2) is 5.01 Å². The topological polar surface area (TPSA) is 28.1 Å². The lowest BCUT2D eigenvalue weighted by Gasteiger charge is -2.51. The van der Waals surface area contributed by atoms with Crippen LogP contribution in [0.25, 0.3) is 11.1 Å². The zero-order valence-electron chi connectivity index (χ0n) is 18.9. The lowest BCUT2D eigenvalue weighted by molar-refractivity contribution is -0.149. The molecular formula is C28H28BrN3O. The normalized spacial score (nSPS) is 21.3. The number of nitrogens with zero attached hydrogens (tertiary/aromatic N) is 3. The summed E-state index contributed by atoms with van der Waals surface area (Å²) in [6.07, 6.45) is 2.84. The first-order valence-electron chi connectivity index (χ1n) is 11.9. The molecule has 0 radical (unpaired) electrons. The van der Waals surface area contributed by atoms with Gasteiger partial charge in [0.05, 0.1) is 11.8 Å². The van der Waals surface area contributed by atoms with Gasteiger partial charge in [0.1, 0.15) is 5.75 Å². The van der Waals surface area contributed by atoms with Crippen molar-refractivity contribution in [1.82, 2.24) is 9.91 Å². The molecule has 3 heterocycles. The molecule has 0 N–H and O–H groups in total. The predicted octanol–water partition coefficient (Wildman–Crippen LogP) is 6.47. The summed E-state index contributed by atoms with van der Waals surface area (Å²) in [5.74, 6) is 1.01. The molecule has 1 atom stereocenters. The number of likely N-dealkylation sites (tertiary alicyclic amines) is 1. The number of halogens is 1. The van der Waals surface area contributed by atoms with E-state index in [1.54, 1.807) is 0 Å². The summed E-state index contributed by atoms with van der Waals surface area (Å²) in [6.45, 7) is 5.41. The maximum absolute atomic E-state index is 6.75. The summed E-state index contributed by atoms with van der Waals surface area (Å²) < 4.78 is 7.84. The Labute approximate surface area is 204 Å². The van der Waals surface area contributed by atoms with Crippen LogP contribution in [0.5, 0.6) is 5.75 Å². The minimum atomic E-state index is -0.358. The first-order chi connectivity index (χ1) is 16.1. The minimum absolute atomic E-state index is 0.211. The second-order valence-electron chi connectivity index (χ2n) is 9.22. The van der Waals surface area contributed by atoms with Gasteiger partial charge in [-0.1, -0.05) is 77.5 Å². The van der Waals surface area contributed by atoms with E-state index in [9.17, 15) is 0 Å². The van der Waals surface area contributed by atoms with Crippen LogP contribution in [-0.4, -0.2) is 41.0 Å². The van der Waals surface area contributed by atoms with Crippen molar-refractivity contribution in [3.63, 3.8) is 0 Å². The Balaban J connectivity index is 1.35. The highest BCUT2D eigenvalue weighted by molar-refractivity contribution is 9.10. The summed E-state index contributed by atoms with van der Waals surface area (Å²) >= 11 is 3.66. The average Bonchev–Trinajstić information content (AvgIpc) is 3.33. The molecule has 5 heteroatoms. The number of benzene rings is 3. The second-order valence-corrected chi connectivity index (χ2v) is 10.1. The quantitative estimate of drug-likeness (QED) is 0.411. The lowest BCUT2D eigenvalue weighted by atomic mass is 9.90. The van der Waals surface area contributed by atoms with Crippen LogP contribution in [0, 0.1) is 0 Å². The zero-order valence-corrected chi connectivity index (χ0v) is 20.5. The number of hydrogen-bond donors (Lipinski definition) is 0. The van der Waals surface area contributed by atoms with Gasteiger partial charge < -0.3 is 9.64 Å². The second kappa shape index (κ2) is 8.30. The molecule has 1 saturated heterocycles. The van der Waals surface area contributed by atoms with Crippen molar-refractivity contribution in [2.45, 2.75) is 38.0 Å².